The molecule has 1 aromatic heterocycles. The number of nitrogens with one attached hydrogen (secondary N) is 2. The first-order valence-electron chi connectivity index (χ1n) is 9.28. The van der Waals surface area contributed by atoms with Crippen LogP contribution in [0.1, 0.15) is 12.0 Å². The second-order valence-electron chi connectivity index (χ2n) is 6.58. The van der Waals surface area contributed by atoms with Crippen LogP contribution in [0.15, 0.2) is 72.8 Å². The molecule has 0 bridgehead atoms. The maximum Gasteiger partial charge on any atom is 0.319 e. The normalized spacial score (nSPS) is 10.7. The van der Waals surface area contributed by atoms with Gasteiger partial charge in [0.05, 0.1) is 11.3 Å². The fourth-order valence-corrected chi connectivity index (χ4v) is 3.54. The first kappa shape index (κ1) is 17.6. The van der Waals surface area contributed by atoms with E-state index in [4.69, 9.17) is 5.26 Å². The molecule has 28 heavy (non-hydrogen) atoms. The number of fused-ring (bicyclic) bond motifs is 3. The van der Waals surface area contributed by atoms with Gasteiger partial charge in [-0.2, -0.15) is 5.26 Å². The highest BCUT2D eigenvalue weighted by molar-refractivity contribution is 6.07. The molecule has 0 saturated heterocycles. The molecule has 4 rings (SSSR count). The lowest BCUT2D eigenvalue weighted by atomic mass is 10.2. The van der Waals surface area contributed by atoms with Crippen LogP contribution in [0.5, 0.6) is 0 Å². The van der Waals surface area contributed by atoms with Crippen molar-refractivity contribution in [2.24, 2.45) is 0 Å². The van der Waals surface area contributed by atoms with Gasteiger partial charge in [-0.1, -0.05) is 48.5 Å². The van der Waals surface area contributed by atoms with E-state index < -0.39 is 0 Å². The number of para-hydroxylation sites is 3. The van der Waals surface area contributed by atoms with Crippen LogP contribution in [0.2, 0.25) is 0 Å². The summed E-state index contributed by atoms with van der Waals surface area (Å²) in [7, 11) is 0. The van der Waals surface area contributed by atoms with Crippen LogP contribution in [0.25, 0.3) is 21.8 Å². The minimum Gasteiger partial charge on any atom is -0.340 e. The van der Waals surface area contributed by atoms with Gasteiger partial charge in [-0.15, -0.1) is 0 Å². The van der Waals surface area contributed by atoms with Crippen molar-refractivity contribution in [1.29, 1.82) is 5.26 Å². The molecule has 0 aliphatic carbocycles. The van der Waals surface area contributed by atoms with Crippen molar-refractivity contribution < 1.29 is 4.79 Å². The standard InChI is InChI=1S/C23H20N4O/c24-16-17-8-1-4-11-20(17)26-23(28)25-14-7-15-27-21-12-5-2-9-18(21)19-10-3-6-13-22(19)27/h1-6,8-13H,7,14-15H2,(H2,25,26,28). The molecule has 2 amide bonds. The average Bonchev–Trinajstić information content (AvgIpc) is 3.06. The summed E-state index contributed by atoms with van der Waals surface area (Å²) in [4.78, 5) is 12.1. The minimum atomic E-state index is -0.301. The summed E-state index contributed by atoms with van der Waals surface area (Å²) >= 11 is 0. The monoisotopic (exact) mass is 368 g/mol. The molecule has 2 N–H and O–H groups in total. The number of hydrogen-bond donors (Lipinski definition) is 2. The van der Waals surface area contributed by atoms with E-state index in [9.17, 15) is 4.79 Å². The molecule has 0 radical (unpaired) electrons. The third kappa shape index (κ3) is 3.40. The molecule has 0 atom stereocenters. The first-order valence-corrected chi connectivity index (χ1v) is 9.28. The van der Waals surface area contributed by atoms with E-state index in [-0.39, 0.29) is 6.03 Å². The fraction of sp³-hybridized carbons (Fsp3) is 0.130. The number of aromatic nitrogens is 1. The van der Waals surface area contributed by atoms with Crippen molar-refractivity contribution in [3.8, 4) is 6.07 Å². The van der Waals surface area contributed by atoms with Crippen molar-refractivity contribution in [1.82, 2.24) is 9.88 Å². The molecule has 5 nitrogen and oxygen atoms in total. The van der Waals surface area contributed by atoms with Crippen LogP contribution in [-0.2, 0) is 6.54 Å². The van der Waals surface area contributed by atoms with Gasteiger partial charge in [-0.25, -0.2) is 4.79 Å². The Balaban J connectivity index is 1.40. The van der Waals surface area contributed by atoms with Crippen molar-refractivity contribution >= 4 is 33.5 Å². The summed E-state index contributed by atoms with van der Waals surface area (Å²) in [6.45, 7) is 1.35. The molecule has 0 aliphatic heterocycles. The number of nitrogens with zero attached hydrogens (tertiary/aromatic N) is 2. The number of hydrogen-bond acceptors (Lipinski definition) is 2. The van der Waals surface area contributed by atoms with Gasteiger partial charge in [0.2, 0.25) is 0 Å². The zero-order chi connectivity index (χ0) is 19.3. The van der Waals surface area contributed by atoms with E-state index in [1.165, 1.54) is 21.8 Å². The third-order valence-corrected chi connectivity index (χ3v) is 4.82. The number of anilines is 1. The SMILES string of the molecule is N#Cc1ccccc1NC(=O)NCCCn1c2ccccc2c2ccccc21. The Kier molecular flexibility index (Phi) is 4.94. The second kappa shape index (κ2) is 7.85. The average molecular weight is 368 g/mol. The Labute approximate surface area is 163 Å². The zero-order valence-electron chi connectivity index (χ0n) is 15.4. The minimum absolute atomic E-state index is 0.301. The van der Waals surface area contributed by atoms with Gasteiger partial charge in [-0.05, 0) is 30.7 Å². The summed E-state index contributed by atoms with van der Waals surface area (Å²) in [6, 6.07) is 25.5. The quantitative estimate of drug-likeness (QED) is 0.493. The van der Waals surface area contributed by atoms with Crippen LogP contribution in [0.3, 0.4) is 0 Å². The Bertz CT molecular complexity index is 1130. The predicted octanol–water partition coefficient (Wildman–Crippen LogP) is 4.88. The number of aryl methyl sites for hydroxylation is 1. The lowest BCUT2D eigenvalue weighted by Gasteiger charge is -2.10. The molecule has 0 saturated carbocycles. The highest BCUT2D eigenvalue weighted by atomic mass is 16.2. The molecule has 0 aliphatic rings. The van der Waals surface area contributed by atoms with Gasteiger partial charge < -0.3 is 15.2 Å². The molecule has 1 heterocycles. The predicted molar refractivity (Wildman–Crippen MR) is 112 cm³/mol. The van der Waals surface area contributed by atoms with E-state index in [0.29, 0.717) is 17.8 Å². The second-order valence-corrected chi connectivity index (χ2v) is 6.58. The molecular formula is C23H20N4O. The molecular weight excluding hydrogens is 348 g/mol. The van der Waals surface area contributed by atoms with Crippen LogP contribution in [-0.4, -0.2) is 17.1 Å². The van der Waals surface area contributed by atoms with Gasteiger partial charge in [-0.3, -0.25) is 0 Å². The van der Waals surface area contributed by atoms with Gasteiger partial charge in [0.25, 0.3) is 0 Å². The molecule has 138 valence electrons. The van der Waals surface area contributed by atoms with Gasteiger partial charge in [0, 0.05) is 34.9 Å². The van der Waals surface area contributed by atoms with E-state index >= 15 is 0 Å². The van der Waals surface area contributed by atoms with Crippen LogP contribution in [0, 0.1) is 11.3 Å². The van der Waals surface area contributed by atoms with Crippen molar-refractivity contribution in [3.63, 3.8) is 0 Å². The molecule has 5 heteroatoms. The highest BCUT2D eigenvalue weighted by Gasteiger charge is 2.09. The fourth-order valence-electron chi connectivity index (χ4n) is 3.54. The van der Waals surface area contributed by atoms with Gasteiger partial charge in [0.15, 0.2) is 0 Å². The Hall–Kier alpha value is -3.78. The van der Waals surface area contributed by atoms with Crippen LogP contribution >= 0.6 is 0 Å². The zero-order valence-corrected chi connectivity index (χ0v) is 15.4. The number of carbonyl (C=O) groups excluding carboxylic acids is 1. The molecule has 0 spiro atoms. The summed E-state index contributed by atoms with van der Waals surface area (Å²) in [5.41, 5.74) is 3.38. The van der Waals surface area contributed by atoms with E-state index in [1.54, 1.807) is 24.3 Å². The molecule has 0 unspecified atom stereocenters. The Morgan fingerprint density at radius 3 is 2.18 bits per heavy atom. The Morgan fingerprint density at radius 1 is 0.893 bits per heavy atom. The largest absolute Gasteiger partial charge is 0.340 e. The number of amides is 2. The summed E-state index contributed by atoms with van der Waals surface area (Å²) < 4.78 is 2.30. The number of benzene rings is 3. The topological polar surface area (TPSA) is 69.8 Å². The van der Waals surface area contributed by atoms with E-state index in [1.807, 2.05) is 0 Å². The number of nitriles is 1. The summed E-state index contributed by atoms with van der Waals surface area (Å²) in [6.07, 6.45) is 0.802. The van der Waals surface area contributed by atoms with Crippen molar-refractivity contribution in [2.45, 2.75) is 13.0 Å². The third-order valence-electron chi connectivity index (χ3n) is 4.82. The van der Waals surface area contributed by atoms with Gasteiger partial charge >= 0.3 is 6.03 Å². The van der Waals surface area contributed by atoms with Crippen LogP contribution in [0.4, 0.5) is 10.5 Å². The number of carbonyl (C=O) groups is 1. The molecule has 3 aromatic carbocycles. The Morgan fingerprint density at radius 2 is 1.50 bits per heavy atom. The van der Waals surface area contributed by atoms with E-state index in [0.717, 1.165) is 13.0 Å². The lowest BCUT2D eigenvalue weighted by molar-refractivity contribution is 0.252. The maximum atomic E-state index is 12.1. The lowest BCUT2D eigenvalue weighted by Crippen LogP contribution is -2.30. The van der Waals surface area contributed by atoms with Crippen LogP contribution < -0.4 is 10.6 Å². The molecule has 0 fully saturated rings. The number of urea groups is 1. The summed E-state index contributed by atoms with van der Waals surface area (Å²) in [5.74, 6) is 0. The van der Waals surface area contributed by atoms with E-state index in [2.05, 4.69) is 69.8 Å². The summed E-state index contributed by atoms with van der Waals surface area (Å²) in [5, 5.41) is 17.2. The maximum absolute atomic E-state index is 12.1. The smallest absolute Gasteiger partial charge is 0.319 e. The van der Waals surface area contributed by atoms with Crippen molar-refractivity contribution in [2.75, 3.05) is 11.9 Å². The molecule has 4 aromatic rings. The number of rotatable bonds is 5. The van der Waals surface area contributed by atoms with Crippen molar-refractivity contribution in [3.05, 3.63) is 78.4 Å². The highest BCUT2D eigenvalue weighted by Crippen LogP contribution is 2.28. The van der Waals surface area contributed by atoms with Gasteiger partial charge in [0.1, 0.15) is 6.07 Å². The first-order chi connectivity index (χ1) is 13.8.